The van der Waals surface area contributed by atoms with E-state index in [0.29, 0.717) is 8.92 Å². The summed E-state index contributed by atoms with van der Waals surface area (Å²) in [5.41, 5.74) is -0.344. The lowest BCUT2D eigenvalue weighted by atomic mass is 10.1. The number of non-ortho nitro benzene ring substituents is 1. The van der Waals surface area contributed by atoms with Crippen LogP contribution in [0.2, 0.25) is 0 Å². The summed E-state index contributed by atoms with van der Waals surface area (Å²) < 4.78 is 0.714. The molecule has 11 heteroatoms. The minimum Gasteiger partial charge on any atom is -0.300 e. The molecule has 0 atom stereocenters. The van der Waals surface area contributed by atoms with E-state index in [4.69, 9.17) is 0 Å². The normalized spacial score (nSPS) is 13.1. The van der Waals surface area contributed by atoms with E-state index in [1.807, 2.05) is 0 Å². The molecule has 1 N–H and O–H groups in total. The molecule has 2 aromatic rings. The van der Waals surface area contributed by atoms with Gasteiger partial charge < -0.3 is 5.32 Å². The SMILES string of the molecule is O=C(CN1C(=O)c2ccc([N+](=O)[O-])cc2C1=O)Nc1ncc(Br)s1. The maximum Gasteiger partial charge on any atom is 0.270 e. The number of rotatable bonds is 4. The van der Waals surface area contributed by atoms with E-state index in [1.54, 1.807) is 0 Å². The smallest absolute Gasteiger partial charge is 0.270 e. The second-order valence-electron chi connectivity index (χ2n) is 4.70. The fraction of sp³-hybridized carbons (Fsp3) is 0.0769. The zero-order chi connectivity index (χ0) is 17.4. The monoisotopic (exact) mass is 410 g/mol. The van der Waals surface area contributed by atoms with E-state index in [-0.39, 0.29) is 16.8 Å². The Bertz CT molecular complexity index is 896. The molecule has 0 saturated carbocycles. The van der Waals surface area contributed by atoms with Crippen LogP contribution in [0.1, 0.15) is 20.7 Å². The van der Waals surface area contributed by atoms with Crippen molar-refractivity contribution in [3.05, 3.63) is 49.4 Å². The van der Waals surface area contributed by atoms with E-state index in [2.05, 4.69) is 26.2 Å². The van der Waals surface area contributed by atoms with Gasteiger partial charge in [0.15, 0.2) is 5.13 Å². The first-order valence-electron chi connectivity index (χ1n) is 6.42. The van der Waals surface area contributed by atoms with Crippen LogP contribution in [0, 0.1) is 10.1 Å². The van der Waals surface area contributed by atoms with Gasteiger partial charge in [0.05, 0.1) is 26.0 Å². The number of amides is 3. The lowest BCUT2D eigenvalue weighted by molar-refractivity contribution is -0.384. The van der Waals surface area contributed by atoms with Gasteiger partial charge >= 0.3 is 0 Å². The molecule has 0 unspecified atom stereocenters. The van der Waals surface area contributed by atoms with E-state index < -0.39 is 29.2 Å². The highest BCUT2D eigenvalue weighted by molar-refractivity contribution is 9.11. The minimum atomic E-state index is -0.742. The Morgan fingerprint density at radius 1 is 1.33 bits per heavy atom. The van der Waals surface area contributed by atoms with Gasteiger partial charge in [0.25, 0.3) is 17.5 Å². The molecule has 0 fully saturated rings. The zero-order valence-corrected chi connectivity index (χ0v) is 14.1. The van der Waals surface area contributed by atoms with Gasteiger partial charge in [0.1, 0.15) is 6.54 Å². The number of nitro benzene ring substituents is 1. The van der Waals surface area contributed by atoms with Gasteiger partial charge in [-0.3, -0.25) is 29.4 Å². The van der Waals surface area contributed by atoms with E-state index in [0.717, 1.165) is 17.0 Å². The molecule has 0 bridgehead atoms. The largest absolute Gasteiger partial charge is 0.300 e. The lowest BCUT2D eigenvalue weighted by Crippen LogP contribution is -2.37. The van der Waals surface area contributed by atoms with Crippen molar-refractivity contribution in [1.29, 1.82) is 0 Å². The number of carbonyl (C=O) groups is 3. The molecule has 3 rings (SSSR count). The van der Waals surface area contributed by atoms with Crippen molar-refractivity contribution in [3.63, 3.8) is 0 Å². The molecule has 0 aliphatic carbocycles. The quantitative estimate of drug-likeness (QED) is 0.467. The first-order chi connectivity index (χ1) is 11.4. The molecule has 1 aromatic carbocycles. The fourth-order valence-electron chi connectivity index (χ4n) is 2.15. The van der Waals surface area contributed by atoms with E-state index >= 15 is 0 Å². The number of nitrogens with zero attached hydrogens (tertiary/aromatic N) is 3. The minimum absolute atomic E-state index is 0.0374. The molecule has 0 radical (unpaired) electrons. The van der Waals surface area contributed by atoms with Gasteiger partial charge in [0.2, 0.25) is 5.91 Å². The number of nitro groups is 1. The summed E-state index contributed by atoms with van der Waals surface area (Å²) >= 11 is 4.38. The Morgan fingerprint density at radius 2 is 2.04 bits per heavy atom. The number of nitrogens with one attached hydrogen (secondary N) is 1. The summed E-state index contributed by atoms with van der Waals surface area (Å²) in [5, 5.41) is 13.6. The second kappa shape index (κ2) is 6.09. The Morgan fingerprint density at radius 3 is 2.67 bits per heavy atom. The molecule has 0 saturated heterocycles. The lowest BCUT2D eigenvalue weighted by Gasteiger charge is -2.12. The molecule has 1 aliphatic rings. The van der Waals surface area contributed by atoms with Gasteiger partial charge in [-0.1, -0.05) is 11.3 Å². The number of thiazole rings is 1. The number of aromatic nitrogens is 1. The highest BCUT2D eigenvalue weighted by Gasteiger charge is 2.37. The average molecular weight is 411 g/mol. The second-order valence-corrected chi connectivity index (χ2v) is 7.11. The van der Waals surface area contributed by atoms with Crippen molar-refractivity contribution in [3.8, 4) is 0 Å². The number of benzene rings is 1. The number of anilines is 1. The molecule has 122 valence electrons. The summed E-state index contributed by atoms with van der Waals surface area (Å²) in [4.78, 5) is 51.2. The highest BCUT2D eigenvalue weighted by Crippen LogP contribution is 2.27. The molecule has 0 spiro atoms. The third-order valence-electron chi connectivity index (χ3n) is 3.19. The van der Waals surface area contributed by atoms with Gasteiger partial charge in [-0.15, -0.1) is 0 Å². The number of imide groups is 1. The van der Waals surface area contributed by atoms with Crippen LogP contribution >= 0.6 is 27.3 Å². The Balaban J connectivity index is 1.78. The van der Waals surface area contributed by atoms with Crippen LogP contribution in [0.25, 0.3) is 0 Å². The van der Waals surface area contributed by atoms with Crippen molar-refractivity contribution < 1.29 is 19.3 Å². The van der Waals surface area contributed by atoms with E-state index in [9.17, 15) is 24.5 Å². The molecule has 24 heavy (non-hydrogen) atoms. The Kier molecular flexibility index (Phi) is 4.11. The van der Waals surface area contributed by atoms with Crippen molar-refractivity contribution in [2.45, 2.75) is 0 Å². The van der Waals surface area contributed by atoms with Crippen LogP contribution in [-0.4, -0.2) is 39.1 Å². The molecular weight excluding hydrogens is 404 g/mol. The zero-order valence-electron chi connectivity index (χ0n) is 11.7. The number of halogens is 1. The maximum atomic E-state index is 12.3. The van der Waals surface area contributed by atoms with Crippen LogP contribution in [0.3, 0.4) is 0 Å². The topological polar surface area (TPSA) is 123 Å². The van der Waals surface area contributed by atoms with Crippen LogP contribution in [-0.2, 0) is 4.79 Å². The number of fused-ring (bicyclic) bond motifs is 1. The molecular formula is C13H7BrN4O5S. The summed E-state index contributed by atoms with van der Waals surface area (Å²) in [6.45, 7) is -0.503. The van der Waals surface area contributed by atoms with Crippen LogP contribution < -0.4 is 5.32 Å². The first kappa shape index (κ1) is 16.2. The van der Waals surface area contributed by atoms with Crippen LogP contribution in [0.5, 0.6) is 0 Å². The Hall–Kier alpha value is -2.66. The first-order valence-corrected chi connectivity index (χ1v) is 8.03. The average Bonchev–Trinajstić information content (AvgIpc) is 3.04. The van der Waals surface area contributed by atoms with Crippen molar-refractivity contribution in [2.24, 2.45) is 0 Å². The number of carbonyl (C=O) groups excluding carboxylic acids is 3. The van der Waals surface area contributed by atoms with Gasteiger partial charge in [-0.25, -0.2) is 4.98 Å². The third kappa shape index (κ3) is 2.90. The standard InChI is InChI=1S/C13H7BrN4O5S/c14-9-4-15-13(24-9)16-10(19)5-17-11(20)7-2-1-6(18(22)23)3-8(7)12(17)21/h1-4H,5H2,(H,15,16,19). The third-order valence-corrected chi connectivity index (χ3v) is 4.58. The molecule has 1 aliphatic heterocycles. The molecule has 1 aromatic heterocycles. The van der Waals surface area contributed by atoms with E-state index in [1.165, 1.54) is 23.6 Å². The summed E-state index contributed by atoms with van der Waals surface area (Å²) in [6.07, 6.45) is 1.50. The predicted molar refractivity (Wildman–Crippen MR) is 86.9 cm³/mol. The van der Waals surface area contributed by atoms with Crippen molar-refractivity contribution >= 4 is 55.8 Å². The fourth-order valence-corrected chi connectivity index (χ4v) is 3.27. The summed E-state index contributed by atoms with van der Waals surface area (Å²) in [7, 11) is 0. The van der Waals surface area contributed by atoms with Gasteiger partial charge in [-0.05, 0) is 22.0 Å². The van der Waals surface area contributed by atoms with Gasteiger partial charge in [-0.2, -0.15) is 0 Å². The number of hydrogen-bond acceptors (Lipinski definition) is 7. The van der Waals surface area contributed by atoms with Crippen molar-refractivity contribution in [1.82, 2.24) is 9.88 Å². The van der Waals surface area contributed by atoms with Gasteiger partial charge in [0, 0.05) is 12.1 Å². The molecule has 2 heterocycles. The van der Waals surface area contributed by atoms with Crippen LogP contribution in [0.15, 0.2) is 28.2 Å². The molecule has 3 amide bonds. The molecule has 9 nitrogen and oxygen atoms in total. The van der Waals surface area contributed by atoms with Crippen molar-refractivity contribution in [2.75, 3.05) is 11.9 Å². The predicted octanol–water partition coefficient (Wildman–Crippen LogP) is 2.05. The highest BCUT2D eigenvalue weighted by atomic mass is 79.9. The maximum absolute atomic E-state index is 12.3. The Labute approximate surface area is 146 Å². The van der Waals surface area contributed by atoms with Crippen LogP contribution in [0.4, 0.5) is 10.8 Å². The summed E-state index contributed by atoms with van der Waals surface area (Å²) in [5.74, 6) is -2.00. The summed E-state index contributed by atoms with van der Waals surface area (Å²) in [6, 6.07) is 3.38. The number of hydrogen-bond donors (Lipinski definition) is 1.